The molecule has 124 valence electrons. The van der Waals surface area contributed by atoms with E-state index in [4.69, 9.17) is 10.8 Å². The summed E-state index contributed by atoms with van der Waals surface area (Å²) in [5.41, 5.74) is 7.10. The molecule has 2 heterocycles. The predicted molar refractivity (Wildman–Crippen MR) is 92.3 cm³/mol. The molecule has 1 aromatic carbocycles. The zero-order valence-electron chi connectivity index (χ0n) is 13.1. The average molecular weight is 333 g/mol. The van der Waals surface area contributed by atoms with Gasteiger partial charge in [0, 0.05) is 26.1 Å². The Bertz CT molecular complexity index is 632. The van der Waals surface area contributed by atoms with Gasteiger partial charge in [-0.3, -0.25) is 4.79 Å². The van der Waals surface area contributed by atoms with E-state index in [9.17, 15) is 4.79 Å². The number of hydrogen-bond donors (Lipinski definition) is 2. The number of nitrogens with zero attached hydrogens (tertiary/aromatic N) is 2. The predicted octanol–water partition coefficient (Wildman–Crippen LogP) is 1.79. The lowest BCUT2D eigenvalue weighted by molar-refractivity contribution is -0.134. The molecular formula is C17H23N3O2S. The van der Waals surface area contributed by atoms with Crippen molar-refractivity contribution >= 4 is 27.5 Å². The van der Waals surface area contributed by atoms with Gasteiger partial charge >= 0.3 is 0 Å². The van der Waals surface area contributed by atoms with Crippen LogP contribution in [0.15, 0.2) is 24.3 Å². The minimum absolute atomic E-state index is 0.0201. The monoisotopic (exact) mass is 333 g/mol. The van der Waals surface area contributed by atoms with Crippen LogP contribution in [-0.2, 0) is 11.2 Å². The molecule has 3 N–H and O–H groups in total. The number of carbonyl (C=O) groups is 1. The summed E-state index contributed by atoms with van der Waals surface area (Å²) in [7, 11) is 0. The van der Waals surface area contributed by atoms with Crippen LogP contribution in [0.1, 0.15) is 24.3 Å². The molecule has 1 aliphatic rings. The zero-order valence-corrected chi connectivity index (χ0v) is 14.0. The summed E-state index contributed by atoms with van der Waals surface area (Å²) >= 11 is 1.61. The summed E-state index contributed by atoms with van der Waals surface area (Å²) in [5.74, 6) is 0.552. The molecule has 0 unspecified atom stereocenters. The maximum absolute atomic E-state index is 12.5. The number of aromatic nitrogens is 1. The Morgan fingerprint density at radius 3 is 2.83 bits per heavy atom. The molecule has 1 saturated heterocycles. The first kappa shape index (κ1) is 16.4. The molecule has 1 aliphatic heterocycles. The molecule has 0 aliphatic carbocycles. The number of thiazole rings is 1. The van der Waals surface area contributed by atoms with E-state index in [0.717, 1.165) is 47.6 Å². The first-order valence-electron chi connectivity index (χ1n) is 8.17. The van der Waals surface area contributed by atoms with Crippen molar-refractivity contribution in [2.45, 2.75) is 31.7 Å². The molecular weight excluding hydrogens is 310 g/mol. The van der Waals surface area contributed by atoms with E-state index in [0.29, 0.717) is 12.3 Å². The Labute approximate surface area is 140 Å². The van der Waals surface area contributed by atoms with Crippen LogP contribution in [0.2, 0.25) is 0 Å². The Morgan fingerprint density at radius 2 is 2.13 bits per heavy atom. The number of nitrogens with two attached hydrogens (primary N) is 1. The third kappa shape index (κ3) is 3.88. The molecule has 0 spiro atoms. The Balaban J connectivity index is 1.57. The van der Waals surface area contributed by atoms with Gasteiger partial charge in [0.25, 0.3) is 0 Å². The minimum atomic E-state index is -0.523. The number of amides is 1. The third-order valence-corrected chi connectivity index (χ3v) is 5.57. The highest BCUT2D eigenvalue weighted by Gasteiger charge is 2.26. The molecule has 5 nitrogen and oxygen atoms in total. The number of aliphatic hydroxyl groups is 1. The van der Waals surface area contributed by atoms with E-state index >= 15 is 0 Å². The highest BCUT2D eigenvalue weighted by Crippen LogP contribution is 2.24. The lowest BCUT2D eigenvalue weighted by Crippen LogP contribution is -2.48. The molecule has 0 bridgehead atoms. The Hall–Kier alpha value is -1.50. The Kier molecular flexibility index (Phi) is 5.25. The standard InChI is InChI=1S/C17H23N3O2S/c18-13(11-16-19-14-3-1-2-4-15(14)23-16)17(22)20-8-5-12(6-9-20)7-10-21/h1-4,12-13,21H,5-11,18H2/t13-/m0/s1. The van der Waals surface area contributed by atoms with Gasteiger partial charge in [0.1, 0.15) is 0 Å². The first-order valence-corrected chi connectivity index (χ1v) is 8.98. The van der Waals surface area contributed by atoms with Crippen LogP contribution in [-0.4, -0.2) is 46.6 Å². The average Bonchev–Trinajstić information content (AvgIpc) is 2.97. The van der Waals surface area contributed by atoms with E-state index in [-0.39, 0.29) is 12.5 Å². The molecule has 1 fully saturated rings. The molecule has 23 heavy (non-hydrogen) atoms. The summed E-state index contributed by atoms with van der Waals surface area (Å²) < 4.78 is 1.13. The lowest BCUT2D eigenvalue weighted by atomic mass is 9.93. The molecule has 6 heteroatoms. The van der Waals surface area contributed by atoms with Gasteiger partial charge in [-0.15, -0.1) is 11.3 Å². The largest absolute Gasteiger partial charge is 0.396 e. The van der Waals surface area contributed by atoms with Gasteiger partial charge in [0.15, 0.2) is 0 Å². The van der Waals surface area contributed by atoms with Crippen molar-refractivity contribution < 1.29 is 9.90 Å². The van der Waals surface area contributed by atoms with Crippen molar-refractivity contribution in [1.29, 1.82) is 0 Å². The van der Waals surface area contributed by atoms with Gasteiger partial charge in [0.2, 0.25) is 5.91 Å². The fourth-order valence-electron chi connectivity index (χ4n) is 3.14. The first-order chi connectivity index (χ1) is 11.2. The van der Waals surface area contributed by atoms with E-state index in [2.05, 4.69) is 4.98 Å². The summed E-state index contributed by atoms with van der Waals surface area (Å²) in [6.07, 6.45) is 3.24. The highest BCUT2D eigenvalue weighted by molar-refractivity contribution is 7.18. The summed E-state index contributed by atoms with van der Waals surface area (Å²) in [6, 6.07) is 7.45. The molecule has 1 atom stereocenters. The second-order valence-electron chi connectivity index (χ2n) is 6.17. The second kappa shape index (κ2) is 7.38. The lowest BCUT2D eigenvalue weighted by Gasteiger charge is -2.33. The number of fused-ring (bicyclic) bond motifs is 1. The summed E-state index contributed by atoms with van der Waals surface area (Å²) in [4.78, 5) is 18.9. The Morgan fingerprint density at radius 1 is 1.39 bits per heavy atom. The number of carbonyl (C=O) groups excluding carboxylic acids is 1. The topological polar surface area (TPSA) is 79.5 Å². The fourth-order valence-corrected chi connectivity index (χ4v) is 4.17. The van der Waals surface area contributed by atoms with Crippen molar-refractivity contribution in [2.24, 2.45) is 11.7 Å². The summed E-state index contributed by atoms with van der Waals surface area (Å²) in [6.45, 7) is 1.73. The van der Waals surface area contributed by atoms with Gasteiger partial charge in [-0.05, 0) is 37.3 Å². The van der Waals surface area contributed by atoms with Gasteiger partial charge in [-0.25, -0.2) is 4.98 Å². The van der Waals surface area contributed by atoms with Gasteiger partial charge in [-0.1, -0.05) is 12.1 Å². The number of para-hydroxylation sites is 1. The molecule has 2 aromatic rings. The fraction of sp³-hybridized carbons (Fsp3) is 0.529. The van der Waals surface area contributed by atoms with Crippen molar-refractivity contribution in [3.63, 3.8) is 0 Å². The normalized spacial score (nSPS) is 17.6. The van der Waals surface area contributed by atoms with Crippen LogP contribution in [0.5, 0.6) is 0 Å². The van der Waals surface area contributed by atoms with Gasteiger partial charge in [0.05, 0.1) is 21.3 Å². The highest BCUT2D eigenvalue weighted by atomic mass is 32.1. The van der Waals surface area contributed by atoms with Gasteiger partial charge < -0.3 is 15.7 Å². The molecule has 0 radical (unpaired) electrons. The maximum atomic E-state index is 12.5. The van der Waals surface area contributed by atoms with E-state index in [1.165, 1.54) is 0 Å². The van der Waals surface area contributed by atoms with Crippen LogP contribution >= 0.6 is 11.3 Å². The molecule has 1 amide bonds. The SMILES string of the molecule is N[C@@H](Cc1nc2ccccc2s1)C(=O)N1CCC(CCO)CC1. The maximum Gasteiger partial charge on any atom is 0.239 e. The minimum Gasteiger partial charge on any atom is -0.396 e. The van der Waals surface area contributed by atoms with Crippen LogP contribution in [0.4, 0.5) is 0 Å². The molecule has 1 aromatic heterocycles. The number of likely N-dealkylation sites (tertiary alicyclic amines) is 1. The number of benzene rings is 1. The number of rotatable bonds is 5. The second-order valence-corrected chi connectivity index (χ2v) is 7.28. The van der Waals surface area contributed by atoms with Crippen molar-refractivity contribution in [2.75, 3.05) is 19.7 Å². The smallest absolute Gasteiger partial charge is 0.239 e. The number of aliphatic hydroxyl groups excluding tert-OH is 1. The number of piperidine rings is 1. The number of hydrogen-bond acceptors (Lipinski definition) is 5. The van der Waals surface area contributed by atoms with Crippen molar-refractivity contribution in [3.05, 3.63) is 29.3 Å². The zero-order chi connectivity index (χ0) is 16.2. The van der Waals surface area contributed by atoms with Crippen LogP contribution < -0.4 is 5.73 Å². The molecule has 0 saturated carbocycles. The van der Waals surface area contributed by atoms with Crippen LogP contribution in [0.3, 0.4) is 0 Å². The van der Waals surface area contributed by atoms with Crippen molar-refractivity contribution in [3.8, 4) is 0 Å². The quantitative estimate of drug-likeness (QED) is 0.874. The van der Waals surface area contributed by atoms with Crippen LogP contribution in [0.25, 0.3) is 10.2 Å². The summed E-state index contributed by atoms with van der Waals surface area (Å²) in [5, 5.41) is 9.92. The van der Waals surface area contributed by atoms with E-state index in [1.54, 1.807) is 11.3 Å². The van der Waals surface area contributed by atoms with Crippen LogP contribution in [0, 0.1) is 5.92 Å². The third-order valence-electron chi connectivity index (χ3n) is 4.51. The van der Waals surface area contributed by atoms with E-state index < -0.39 is 6.04 Å². The van der Waals surface area contributed by atoms with Crippen molar-refractivity contribution in [1.82, 2.24) is 9.88 Å². The molecule has 3 rings (SSSR count). The van der Waals surface area contributed by atoms with E-state index in [1.807, 2.05) is 29.2 Å². The van der Waals surface area contributed by atoms with Gasteiger partial charge in [-0.2, -0.15) is 0 Å².